The molecule has 0 amide bonds. The largest absolute Gasteiger partial charge is 0.480 e. The van der Waals surface area contributed by atoms with E-state index in [4.69, 9.17) is 16.6 Å². The number of hydrogen-bond donors (Lipinski definition) is 3. The van der Waals surface area contributed by atoms with E-state index >= 15 is 0 Å². The summed E-state index contributed by atoms with van der Waals surface area (Å²) < 4.78 is 4.41. The number of esters is 1. The number of carbonyl (C=O) groups is 2. The maximum Gasteiger partial charge on any atom is 0.320 e. The van der Waals surface area contributed by atoms with Crippen molar-refractivity contribution in [3.63, 3.8) is 0 Å². The molecule has 0 radical (unpaired) electrons. The average Bonchev–Trinajstić information content (AvgIpc) is 2.28. The van der Waals surface area contributed by atoms with Crippen LogP contribution >= 0.6 is 0 Å². The first-order chi connectivity index (χ1) is 8.74. The average molecular weight is 274 g/mol. The summed E-state index contributed by atoms with van der Waals surface area (Å²) >= 11 is 0. The zero-order valence-corrected chi connectivity index (χ0v) is 12.0. The first-order valence-corrected chi connectivity index (χ1v) is 6.16. The highest BCUT2D eigenvalue weighted by Crippen LogP contribution is 2.01. The van der Waals surface area contributed by atoms with E-state index in [1.54, 1.807) is 6.08 Å². The van der Waals surface area contributed by atoms with Gasteiger partial charge in [-0.25, -0.2) is 0 Å². The zero-order chi connectivity index (χ0) is 15.4. The smallest absolute Gasteiger partial charge is 0.320 e. The summed E-state index contributed by atoms with van der Waals surface area (Å²) in [7, 11) is 1.35. The molecule has 0 aromatic heterocycles. The third kappa shape index (κ3) is 14.5. The fraction of sp³-hybridized carbons (Fsp3) is 0.692. The molecule has 5 N–H and O–H groups in total. The fourth-order valence-corrected chi connectivity index (χ4v) is 1.20. The summed E-state index contributed by atoms with van der Waals surface area (Å²) in [5, 5.41) is 8.31. The summed E-state index contributed by atoms with van der Waals surface area (Å²) in [5.74, 6) is -0.825. The topological polar surface area (TPSA) is 116 Å². The van der Waals surface area contributed by atoms with Crippen molar-refractivity contribution < 1.29 is 19.4 Å². The number of aliphatic carboxylic acids is 1. The lowest BCUT2D eigenvalue weighted by molar-refractivity contribution is -0.141. The molecule has 0 aliphatic carbocycles. The second kappa shape index (κ2) is 11.7. The standard InChI is InChI=1S/C7H13NO2.C6H13NO2/c1-3-4-6(8)5-7(9)10-2;1-4(2)3-5(7)6(8)9/h3,6H,1,4-5,8H2,2H3;4-5H,3,7H2,1-2H3,(H,8,9). The quantitative estimate of drug-likeness (QED) is 0.469. The van der Waals surface area contributed by atoms with Crippen LogP contribution in [0.1, 0.15) is 33.1 Å². The van der Waals surface area contributed by atoms with E-state index in [0.29, 0.717) is 18.8 Å². The molecule has 2 unspecified atom stereocenters. The molecular weight excluding hydrogens is 248 g/mol. The van der Waals surface area contributed by atoms with E-state index < -0.39 is 12.0 Å². The minimum atomic E-state index is -0.913. The molecule has 0 aromatic rings. The van der Waals surface area contributed by atoms with Gasteiger partial charge in [-0.1, -0.05) is 19.9 Å². The summed E-state index contributed by atoms with van der Waals surface area (Å²) in [5.41, 5.74) is 10.7. The summed E-state index contributed by atoms with van der Waals surface area (Å²) in [4.78, 5) is 20.7. The van der Waals surface area contributed by atoms with Gasteiger partial charge >= 0.3 is 11.9 Å². The molecule has 0 aromatic carbocycles. The second-order valence-electron chi connectivity index (χ2n) is 4.64. The van der Waals surface area contributed by atoms with Crippen LogP contribution in [0.25, 0.3) is 0 Å². The van der Waals surface area contributed by atoms with Gasteiger partial charge in [0, 0.05) is 6.04 Å². The van der Waals surface area contributed by atoms with Gasteiger partial charge in [0.1, 0.15) is 6.04 Å². The minimum absolute atomic E-state index is 0.148. The van der Waals surface area contributed by atoms with Crippen molar-refractivity contribution in [2.75, 3.05) is 7.11 Å². The Morgan fingerprint density at radius 3 is 2.16 bits per heavy atom. The van der Waals surface area contributed by atoms with Crippen LogP contribution in [-0.2, 0) is 14.3 Å². The van der Waals surface area contributed by atoms with Gasteiger partial charge < -0.3 is 21.3 Å². The molecule has 19 heavy (non-hydrogen) atoms. The van der Waals surface area contributed by atoms with Crippen molar-refractivity contribution >= 4 is 11.9 Å². The molecule has 0 saturated carbocycles. The molecule has 0 spiro atoms. The summed E-state index contributed by atoms with van der Waals surface area (Å²) in [6, 6.07) is -0.838. The zero-order valence-electron chi connectivity index (χ0n) is 12.0. The Balaban J connectivity index is 0. The lowest BCUT2D eigenvalue weighted by atomic mass is 10.1. The van der Waals surface area contributed by atoms with Crippen molar-refractivity contribution in [3.8, 4) is 0 Å². The highest BCUT2D eigenvalue weighted by molar-refractivity contribution is 5.73. The summed E-state index contributed by atoms with van der Waals surface area (Å²) in [6.45, 7) is 7.40. The molecule has 0 aliphatic rings. The number of carbonyl (C=O) groups excluding carboxylic acids is 1. The van der Waals surface area contributed by atoms with Crippen molar-refractivity contribution in [1.82, 2.24) is 0 Å². The Bertz CT molecular complexity index is 280. The maximum atomic E-state index is 10.6. The van der Waals surface area contributed by atoms with Gasteiger partial charge in [-0.2, -0.15) is 0 Å². The third-order valence-electron chi connectivity index (χ3n) is 2.17. The van der Waals surface area contributed by atoms with E-state index in [9.17, 15) is 9.59 Å². The molecule has 0 heterocycles. The van der Waals surface area contributed by atoms with Crippen LogP contribution in [0.5, 0.6) is 0 Å². The van der Waals surface area contributed by atoms with Crippen LogP contribution in [0.4, 0.5) is 0 Å². The lowest BCUT2D eigenvalue weighted by Gasteiger charge is -2.07. The molecule has 0 bridgehead atoms. The normalized spacial score (nSPS) is 12.9. The molecule has 0 saturated heterocycles. The minimum Gasteiger partial charge on any atom is -0.480 e. The predicted molar refractivity (Wildman–Crippen MR) is 74.5 cm³/mol. The van der Waals surface area contributed by atoms with E-state index in [1.807, 2.05) is 13.8 Å². The van der Waals surface area contributed by atoms with Crippen molar-refractivity contribution in [2.45, 2.75) is 45.2 Å². The van der Waals surface area contributed by atoms with Crippen LogP contribution < -0.4 is 11.5 Å². The second-order valence-corrected chi connectivity index (χ2v) is 4.64. The van der Waals surface area contributed by atoms with E-state index in [-0.39, 0.29) is 18.4 Å². The van der Waals surface area contributed by atoms with E-state index in [2.05, 4.69) is 11.3 Å². The van der Waals surface area contributed by atoms with Gasteiger partial charge in [0.25, 0.3) is 0 Å². The maximum absolute atomic E-state index is 10.6. The monoisotopic (exact) mass is 274 g/mol. The van der Waals surface area contributed by atoms with Gasteiger partial charge in [0.2, 0.25) is 0 Å². The van der Waals surface area contributed by atoms with Crippen LogP contribution in [0.3, 0.4) is 0 Å². The molecule has 112 valence electrons. The molecule has 0 fully saturated rings. The molecule has 6 nitrogen and oxygen atoms in total. The molecule has 0 aliphatic heterocycles. The number of hydrogen-bond acceptors (Lipinski definition) is 5. The number of methoxy groups -OCH3 is 1. The molecular formula is C13H26N2O4. The highest BCUT2D eigenvalue weighted by atomic mass is 16.5. The van der Waals surface area contributed by atoms with E-state index in [0.717, 1.165) is 0 Å². The van der Waals surface area contributed by atoms with E-state index in [1.165, 1.54) is 7.11 Å². The van der Waals surface area contributed by atoms with Crippen LogP contribution in [0.2, 0.25) is 0 Å². The Morgan fingerprint density at radius 2 is 1.89 bits per heavy atom. The molecule has 6 heteroatoms. The van der Waals surface area contributed by atoms with Crippen molar-refractivity contribution in [3.05, 3.63) is 12.7 Å². The van der Waals surface area contributed by atoms with Gasteiger partial charge in [-0.3, -0.25) is 9.59 Å². The van der Waals surface area contributed by atoms with Gasteiger partial charge in [-0.15, -0.1) is 6.58 Å². The first kappa shape index (κ1) is 19.9. The Hall–Kier alpha value is -1.40. The third-order valence-corrected chi connectivity index (χ3v) is 2.17. The van der Waals surface area contributed by atoms with Gasteiger partial charge in [0.05, 0.1) is 13.5 Å². The number of carboxylic acid groups (broad SMARTS) is 1. The number of carboxylic acids is 1. The number of nitrogens with two attached hydrogens (primary N) is 2. The Morgan fingerprint density at radius 1 is 1.37 bits per heavy atom. The first-order valence-electron chi connectivity index (χ1n) is 6.16. The fourth-order valence-electron chi connectivity index (χ4n) is 1.20. The van der Waals surface area contributed by atoms with Crippen molar-refractivity contribution in [1.29, 1.82) is 0 Å². The Labute approximate surface area is 114 Å². The van der Waals surface area contributed by atoms with Crippen molar-refractivity contribution in [2.24, 2.45) is 17.4 Å². The van der Waals surface area contributed by atoms with Gasteiger partial charge in [-0.05, 0) is 18.8 Å². The predicted octanol–water partition coefficient (Wildman–Crippen LogP) is 0.897. The highest BCUT2D eigenvalue weighted by Gasteiger charge is 2.11. The van der Waals surface area contributed by atoms with Crippen LogP contribution in [0, 0.1) is 5.92 Å². The van der Waals surface area contributed by atoms with Gasteiger partial charge in [0.15, 0.2) is 0 Å². The van der Waals surface area contributed by atoms with Crippen LogP contribution in [0.15, 0.2) is 12.7 Å². The SMILES string of the molecule is C=CCC(N)CC(=O)OC.CC(C)CC(N)C(=O)O. The molecule has 2 atom stereocenters. The van der Waals surface area contributed by atoms with Crippen LogP contribution in [-0.4, -0.2) is 36.2 Å². The Kier molecular flexibility index (Phi) is 12.2. The lowest BCUT2D eigenvalue weighted by Crippen LogP contribution is -2.31. The molecule has 0 rings (SSSR count). The summed E-state index contributed by atoms with van der Waals surface area (Å²) in [6.07, 6.45) is 3.15. The number of ether oxygens (including phenoxy) is 1. The number of rotatable bonds is 7.